The van der Waals surface area contributed by atoms with E-state index in [1.807, 2.05) is 19.1 Å². The van der Waals surface area contributed by atoms with E-state index in [2.05, 4.69) is 22.9 Å². The average Bonchev–Trinajstić information content (AvgIpc) is 2.20. The van der Waals surface area contributed by atoms with Crippen molar-refractivity contribution in [3.8, 4) is 5.75 Å². The van der Waals surface area contributed by atoms with Crippen LogP contribution in [-0.2, 0) is 6.42 Å². The monoisotopic (exact) mass is 270 g/mol. The molecule has 0 N–H and O–H groups in total. The quantitative estimate of drug-likeness (QED) is 0.782. The van der Waals surface area contributed by atoms with Gasteiger partial charge in [0.2, 0.25) is 0 Å². The fourth-order valence-corrected chi connectivity index (χ4v) is 2.04. The summed E-state index contributed by atoms with van der Waals surface area (Å²) in [6.07, 6.45) is 0.916. The van der Waals surface area contributed by atoms with Gasteiger partial charge in [0, 0.05) is 4.47 Å². The minimum atomic E-state index is 0.0294. The van der Waals surface area contributed by atoms with Crippen LogP contribution in [0.5, 0.6) is 5.75 Å². The first kappa shape index (κ1) is 12.2. The van der Waals surface area contributed by atoms with E-state index in [0.717, 1.165) is 16.5 Å². The highest BCUT2D eigenvalue weighted by atomic mass is 79.9. The highest BCUT2D eigenvalue weighted by molar-refractivity contribution is 9.10. The predicted octanol–water partition coefficient (Wildman–Crippen LogP) is 3.61. The molecule has 82 valence electrons. The number of halogens is 1. The molecule has 0 aromatic heterocycles. The second kappa shape index (κ2) is 5.31. The summed E-state index contributed by atoms with van der Waals surface area (Å²) in [4.78, 5) is 11.4. The van der Waals surface area contributed by atoms with Gasteiger partial charge in [-0.15, -0.1) is 0 Å². The first-order valence-corrected chi connectivity index (χ1v) is 5.85. The van der Waals surface area contributed by atoms with E-state index >= 15 is 0 Å². The number of carbonyl (C=O) groups excluding carboxylic acids is 1. The van der Waals surface area contributed by atoms with Crippen molar-refractivity contribution < 1.29 is 9.53 Å². The molecule has 0 aliphatic carbocycles. The van der Waals surface area contributed by atoms with E-state index in [4.69, 9.17) is 4.74 Å². The third-order valence-corrected chi connectivity index (χ3v) is 2.95. The Labute approximate surface area is 98.8 Å². The lowest BCUT2D eigenvalue weighted by Crippen LogP contribution is -2.02. The van der Waals surface area contributed by atoms with Crippen molar-refractivity contribution in [3.63, 3.8) is 0 Å². The zero-order valence-corrected chi connectivity index (χ0v) is 10.8. The Morgan fingerprint density at radius 2 is 2.07 bits per heavy atom. The van der Waals surface area contributed by atoms with Gasteiger partial charge in [-0.1, -0.05) is 22.9 Å². The van der Waals surface area contributed by atoms with Crippen LogP contribution in [0.4, 0.5) is 0 Å². The molecule has 3 heteroatoms. The molecule has 0 saturated carbocycles. The minimum absolute atomic E-state index is 0.0294. The van der Waals surface area contributed by atoms with Gasteiger partial charge in [-0.3, -0.25) is 4.79 Å². The third-order valence-electron chi connectivity index (χ3n) is 2.21. The van der Waals surface area contributed by atoms with Gasteiger partial charge in [0.25, 0.3) is 0 Å². The molecular weight excluding hydrogens is 256 g/mol. The Kier molecular flexibility index (Phi) is 4.33. The summed E-state index contributed by atoms with van der Waals surface area (Å²) in [6.45, 7) is 6.11. The van der Waals surface area contributed by atoms with Gasteiger partial charge >= 0.3 is 0 Å². The van der Waals surface area contributed by atoms with Crippen molar-refractivity contribution in [2.24, 2.45) is 0 Å². The maximum atomic E-state index is 11.4. The van der Waals surface area contributed by atoms with Gasteiger partial charge in [-0.05, 0) is 38.0 Å². The number of ether oxygens (including phenoxy) is 1. The van der Waals surface area contributed by atoms with E-state index in [9.17, 15) is 4.79 Å². The first-order valence-electron chi connectivity index (χ1n) is 5.06. The molecular formula is C12H15BrO2. The van der Waals surface area contributed by atoms with E-state index in [1.54, 1.807) is 6.92 Å². The van der Waals surface area contributed by atoms with Crippen molar-refractivity contribution in [3.05, 3.63) is 27.7 Å². The molecule has 0 unspecified atom stereocenters. The predicted molar refractivity (Wildman–Crippen MR) is 64.7 cm³/mol. The van der Waals surface area contributed by atoms with Gasteiger partial charge in [0.15, 0.2) is 5.78 Å². The molecule has 0 aliphatic rings. The fourth-order valence-electron chi connectivity index (χ4n) is 1.42. The average molecular weight is 271 g/mol. The van der Waals surface area contributed by atoms with Crippen LogP contribution in [0.2, 0.25) is 0 Å². The van der Waals surface area contributed by atoms with Crippen LogP contribution < -0.4 is 4.74 Å². The van der Waals surface area contributed by atoms with Crippen molar-refractivity contribution in [1.29, 1.82) is 0 Å². The van der Waals surface area contributed by atoms with Crippen molar-refractivity contribution >= 4 is 21.7 Å². The normalized spacial score (nSPS) is 10.1. The SMILES string of the molecule is CCOc1cc(CC)c(Br)cc1C(C)=O. The zero-order valence-electron chi connectivity index (χ0n) is 9.26. The first-order chi connectivity index (χ1) is 7.10. The van der Waals surface area contributed by atoms with Crippen LogP contribution in [0.3, 0.4) is 0 Å². The van der Waals surface area contributed by atoms with Crippen LogP contribution >= 0.6 is 15.9 Å². The molecule has 0 spiro atoms. The number of hydrogen-bond acceptors (Lipinski definition) is 2. The Bertz CT molecular complexity index is 372. The van der Waals surface area contributed by atoms with Gasteiger partial charge in [0.05, 0.1) is 12.2 Å². The number of Topliss-reactive ketones (excluding diaryl/α,β-unsaturated/α-hetero) is 1. The van der Waals surface area contributed by atoms with E-state index in [0.29, 0.717) is 17.9 Å². The molecule has 0 bridgehead atoms. The van der Waals surface area contributed by atoms with E-state index < -0.39 is 0 Å². The topological polar surface area (TPSA) is 26.3 Å². The summed E-state index contributed by atoms with van der Waals surface area (Å²) < 4.78 is 6.43. The van der Waals surface area contributed by atoms with Gasteiger partial charge in [-0.2, -0.15) is 0 Å². The number of rotatable bonds is 4. The molecule has 2 nitrogen and oxygen atoms in total. The van der Waals surface area contributed by atoms with Crippen molar-refractivity contribution in [2.45, 2.75) is 27.2 Å². The molecule has 0 radical (unpaired) electrons. The van der Waals surface area contributed by atoms with Crippen molar-refractivity contribution in [2.75, 3.05) is 6.61 Å². The van der Waals surface area contributed by atoms with Crippen molar-refractivity contribution in [1.82, 2.24) is 0 Å². The van der Waals surface area contributed by atoms with Gasteiger partial charge < -0.3 is 4.74 Å². The Balaban J connectivity index is 3.25. The van der Waals surface area contributed by atoms with Crippen LogP contribution in [0.15, 0.2) is 16.6 Å². The molecule has 1 rings (SSSR count). The largest absolute Gasteiger partial charge is 0.493 e. The molecule has 0 fully saturated rings. The molecule has 0 heterocycles. The Morgan fingerprint density at radius 1 is 1.40 bits per heavy atom. The second-order valence-corrected chi connectivity index (χ2v) is 4.14. The number of ketones is 1. The van der Waals surface area contributed by atoms with Crippen LogP contribution in [0, 0.1) is 0 Å². The number of carbonyl (C=O) groups is 1. The zero-order chi connectivity index (χ0) is 11.4. The lowest BCUT2D eigenvalue weighted by molar-refractivity contribution is 0.101. The summed E-state index contributed by atoms with van der Waals surface area (Å²) in [5, 5.41) is 0. The van der Waals surface area contributed by atoms with Gasteiger partial charge in [0.1, 0.15) is 5.75 Å². The molecule has 0 aliphatic heterocycles. The fraction of sp³-hybridized carbons (Fsp3) is 0.417. The van der Waals surface area contributed by atoms with Crippen LogP contribution in [0.1, 0.15) is 36.7 Å². The molecule has 15 heavy (non-hydrogen) atoms. The summed E-state index contributed by atoms with van der Waals surface area (Å²) in [5.41, 5.74) is 1.80. The summed E-state index contributed by atoms with van der Waals surface area (Å²) >= 11 is 3.45. The van der Waals surface area contributed by atoms with E-state index in [-0.39, 0.29) is 5.78 Å². The second-order valence-electron chi connectivity index (χ2n) is 3.28. The van der Waals surface area contributed by atoms with E-state index in [1.165, 1.54) is 0 Å². The Hall–Kier alpha value is -0.830. The molecule has 1 aromatic rings. The summed E-state index contributed by atoms with van der Waals surface area (Å²) in [7, 11) is 0. The standard InChI is InChI=1S/C12H15BrO2/c1-4-9-6-12(15-5-2)10(8(3)14)7-11(9)13/h6-7H,4-5H2,1-3H3. The number of benzene rings is 1. The minimum Gasteiger partial charge on any atom is -0.493 e. The Morgan fingerprint density at radius 3 is 2.53 bits per heavy atom. The van der Waals surface area contributed by atoms with Crippen LogP contribution in [0.25, 0.3) is 0 Å². The molecule has 0 saturated heterocycles. The molecule has 0 atom stereocenters. The molecule has 0 amide bonds. The maximum Gasteiger partial charge on any atom is 0.163 e. The summed E-state index contributed by atoms with van der Waals surface area (Å²) in [5.74, 6) is 0.715. The van der Waals surface area contributed by atoms with Gasteiger partial charge in [-0.25, -0.2) is 0 Å². The lowest BCUT2D eigenvalue weighted by Gasteiger charge is -2.11. The lowest BCUT2D eigenvalue weighted by atomic mass is 10.1. The number of aryl methyl sites for hydroxylation is 1. The molecule has 1 aromatic carbocycles. The highest BCUT2D eigenvalue weighted by Crippen LogP contribution is 2.28. The summed E-state index contributed by atoms with van der Waals surface area (Å²) in [6, 6.07) is 3.77. The number of hydrogen-bond donors (Lipinski definition) is 0. The highest BCUT2D eigenvalue weighted by Gasteiger charge is 2.11. The third kappa shape index (κ3) is 2.81. The smallest absolute Gasteiger partial charge is 0.163 e. The maximum absolute atomic E-state index is 11.4. The van der Waals surface area contributed by atoms with Crippen LogP contribution in [-0.4, -0.2) is 12.4 Å².